The third kappa shape index (κ3) is 2.01. The minimum absolute atomic E-state index is 0.548. The summed E-state index contributed by atoms with van der Waals surface area (Å²) in [5, 5.41) is 0. The zero-order valence-electron chi connectivity index (χ0n) is 11.4. The number of fused-ring (bicyclic) bond motifs is 2. The summed E-state index contributed by atoms with van der Waals surface area (Å²) in [5.41, 5.74) is 3.94. The molecule has 0 aliphatic heterocycles. The van der Waals surface area contributed by atoms with Crippen molar-refractivity contribution in [1.29, 1.82) is 0 Å². The number of benzene rings is 2. The van der Waals surface area contributed by atoms with Crippen LogP contribution in [0.2, 0.25) is 0 Å². The Kier molecular flexibility index (Phi) is 2.60. The highest BCUT2D eigenvalue weighted by atomic mass is 16.5. The lowest BCUT2D eigenvalue weighted by atomic mass is 10.1. The number of nitrogens with zero attached hydrogens (tertiary/aromatic N) is 2. The monoisotopic (exact) mass is 276 g/mol. The molecule has 2 aromatic carbocycles. The fraction of sp³-hybridized carbons (Fsp3) is 0.0588. The topological polar surface area (TPSA) is 48.2 Å². The predicted octanol–water partition coefficient (Wildman–Crippen LogP) is 4.05. The van der Waals surface area contributed by atoms with Gasteiger partial charge in [-0.05, 0) is 24.3 Å². The molecule has 0 bridgehead atoms. The van der Waals surface area contributed by atoms with E-state index < -0.39 is 0 Å². The Labute approximate surface area is 121 Å². The van der Waals surface area contributed by atoms with Crippen LogP contribution in [0.5, 0.6) is 5.75 Å². The molecule has 2 aromatic heterocycles. The molecule has 2 heterocycles. The number of hydrogen-bond acceptors (Lipinski definition) is 4. The molecule has 102 valence electrons. The van der Waals surface area contributed by atoms with Gasteiger partial charge in [0, 0.05) is 11.6 Å². The van der Waals surface area contributed by atoms with Crippen LogP contribution in [0.4, 0.5) is 0 Å². The number of rotatable bonds is 2. The van der Waals surface area contributed by atoms with Crippen molar-refractivity contribution < 1.29 is 9.15 Å². The number of furan rings is 1. The van der Waals surface area contributed by atoms with Crippen molar-refractivity contribution in [3.05, 3.63) is 54.6 Å². The molecule has 0 aliphatic rings. The molecule has 0 amide bonds. The molecule has 0 atom stereocenters. The molecule has 0 aliphatic carbocycles. The van der Waals surface area contributed by atoms with E-state index in [0.29, 0.717) is 5.71 Å². The van der Waals surface area contributed by atoms with E-state index in [1.807, 2.05) is 54.6 Å². The van der Waals surface area contributed by atoms with Gasteiger partial charge in [0.25, 0.3) is 0 Å². The molecular formula is C17H12N2O2. The molecule has 0 radical (unpaired) electrons. The van der Waals surface area contributed by atoms with Gasteiger partial charge in [-0.15, -0.1) is 0 Å². The maximum absolute atomic E-state index is 5.83. The average Bonchev–Trinajstić information content (AvgIpc) is 2.95. The SMILES string of the molecule is COc1cccc(-c2cc3nc4ccccc4nc3o2)c1. The minimum Gasteiger partial charge on any atom is -0.497 e. The number of methoxy groups -OCH3 is 1. The van der Waals surface area contributed by atoms with E-state index in [2.05, 4.69) is 9.97 Å². The molecular weight excluding hydrogens is 264 g/mol. The van der Waals surface area contributed by atoms with Gasteiger partial charge in [-0.2, -0.15) is 0 Å². The van der Waals surface area contributed by atoms with Crippen LogP contribution in [-0.2, 0) is 0 Å². The molecule has 0 saturated heterocycles. The highest BCUT2D eigenvalue weighted by Crippen LogP contribution is 2.29. The van der Waals surface area contributed by atoms with Crippen molar-refractivity contribution in [2.75, 3.05) is 7.11 Å². The summed E-state index contributed by atoms with van der Waals surface area (Å²) < 4.78 is 11.1. The quantitative estimate of drug-likeness (QED) is 0.554. The lowest BCUT2D eigenvalue weighted by Gasteiger charge is -2.00. The molecule has 4 aromatic rings. The van der Waals surface area contributed by atoms with Crippen LogP contribution in [0.15, 0.2) is 59.0 Å². The van der Waals surface area contributed by atoms with Gasteiger partial charge in [0.2, 0.25) is 5.71 Å². The van der Waals surface area contributed by atoms with Crippen molar-refractivity contribution in [2.45, 2.75) is 0 Å². The first-order chi connectivity index (χ1) is 10.3. The molecule has 4 rings (SSSR count). The van der Waals surface area contributed by atoms with Crippen molar-refractivity contribution >= 4 is 22.3 Å². The summed E-state index contributed by atoms with van der Waals surface area (Å²) in [6.07, 6.45) is 0. The Morgan fingerprint density at radius 2 is 1.67 bits per heavy atom. The maximum Gasteiger partial charge on any atom is 0.246 e. The van der Waals surface area contributed by atoms with Gasteiger partial charge in [0.05, 0.1) is 18.1 Å². The van der Waals surface area contributed by atoms with Crippen LogP contribution in [0.25, 0.3) is 33.6 Å². The molecule has 4 nitrogen and oxygen atoms in total. The van der Waals surface area contributed by atoms with Crippen LogP contribution in [0.3, 0.4) is 0 Å². The van der Waals surface area contributed by atoms with Gasteiger partial charge in [0.15, 0.2) is 0 Å². The Bertz CT molecular complexity index is 891. The van der Waals surface area contributed by atoms with Gasteiger partial charge >= 0.3 is 0 Å². The molecule has 0 N–H and O–H groups in total. The zero-order chi connectivity index (χ0) is 14.2. The van der Waals surface area contributed by atoms with E-state index in [1.54, 1.807) is 7.11 Å². The summed E-state index contributed by atoms with van der Waals surface area (Å²) in [5.74, 6) is 1.53. The van der Waals surface area contributed by atoms with Crippen LogP contribution < -0.4 is 4.74 Å². The van der Waals surface area contributed by atoms with Gasteiger partial charge in [-0.25, -0.2) is 9.97 Å². The van der Waals surface area contributed by atoms with Gasteiger partial charge < -0.3 is 9.15 Å². The minimum atomic E-state index is 0.548. The molecule has 0 unspecified atom stereocenters. The van der Waals surface area contributed by atoms with Crippen LogP contribution in [-0.4, -0.2) is 17.1 Å². The number of ether oxygens (including phenoxy) is 1. The van der Waals surface area contributed by atoms with E-state index in [1.165, 1.54) is 0 Å². The second-order valence-electron chi connectivity index (χ2n) is 4.75. The highest BCUT2D eigenvalue weighted by molar-refractivity contribution is 5.86. The third-order valence-corrected chi connectivity index (χ3v) is 3.39. The number of hydrogen-bond donors (Lipinski definition) is 0. The lowest BCUT2D eigenvalue weighted by Crippen LogP contribution is -1.82. The molecule has 0 saturated carbocycles. The third-order valence-electron chi connectivity index (χ3n) is 3.39. The second kappa shape index (κ2) is 4.59. The fourth-order valence-electron chi connectivity index (χ4n) is 2.34. The summed E-state index contributed by atoms with van der Waals surface area (Å²) in [6, 6.07) is 17.4. The molecule has 21 heavy (non-hydrogen) atoms. The molecule has 0 fully saturated rings. The van der Waals surface area contributed by atoms with E-state index in [0.717, 1.165) is 33.6 Å². The van der Waals surface area contributed by atoms with Gasteiger partial charge in [-0.1, -0.05) is 24.3 Å². The average molecular weight is 276 g/mol. The first-order valence-electron chi connectivity index (χ1n) is 6.64. The van der Waals surface area contributed by atoms with Crippen LogP contribution >= 0.6 is 0 Å². The van der Waals surface area contributed by atoms with Crippen molar-refractivity contribution in [3.63, 3.8) is 0 Å². The Hall–Kier alpha value is -2.88. The van der Waals surface area contributed by atoms with Crippen LogP contribution in [0.1, 0.15) is 0 Å². The Balaban J connectivity index is 1.91. The second-order valence-corrected chi connectivity index (χ2v) is 4.75. The van der Waals surface area contributed by atoms with Gasteiger partial charge in [-0.3, -0.25) is 0 Å². The number of para-hydroxylation sites is 2. The predicted molar refractivity (Wildman–Crippen MR) is 81.3 cm³/mol. The first-order valence-corrected chi connectivity index (χ1v) is 6.64. The normalized spacial score (nSPS) is 11.1. The highest BCUT2D eigenvalue weighted by Gasteiger charge is 2.10. The van der Waals surface area contributed by atoms with Crippen LogP contribution in [0, 0.1) is 0 Å². The summed E-state index contributed by atoms with van der Waals surface area (Å²) in [6.45, 7) is 0. The van der Waals surface area contributed by atoms with E-state index in [4.69, 9.17) is 9.15 Å². The summed E-state index contributed by atoms with van der Waals surface area (Å²) in [4.78, 5) is 9.08. The molecule has 4 heteroatoms. The largest absolute Gasteiger partial charge is 0.497 e. The standard InChI is InChI=1S/C17H12N2O2/c1-20-12-6-4-5-11(9-12)16-10-15-17(21-16)19-14-8-3-2-7-13(14)18-15/h2-10H,1H3. The van der Waals surface area contributed by atoms with E-state index in [9.17, 15) is 0 Å². The van der Waals surface area contributed by atoms with E-state index >= 15 is 0 Å². The van der Waals surface area contributed by atoms with Crippen molar-refractivity contribution in [1.82, 2.24) is 9.97 Å². The van der Waals surface area contributed by atoms with Gasteiger partial charge in [0.1, 0.15) is 17.0 Å². The maximum atomic E-state index is 5.83. The van der Waals surface area contributed by atoms with Crippen molar-refractivity contribution in [3.8, 4) is 17.1 Å². The first kappa shape index (κ1) is 11.9. The number of aromatic nitrogens is 2. The smallest absolute Gasteiger partial charge is 0.246 e. The lowest BCUT2D eigenvalue weighted by molar-refractivity contribution is 0.415. The summed E-state index contributed by atoms with van der Waals surface area (Å²) in [7, 11) is 1.65. The van der Waals surface area contributed by atoms with Crippen molar-refractivity contribution in [2.24, 2.45) is 0 Å². The zero-order valence-corrected chi connectivity index (χ0v) is 11.4. The Morgan fingerprint density at radius 3 is 2.48 bits per heavy atom. The van der Waals surface area contributed by atoms with E-state index in [-0.39, 0.29) is 0 Å². The summed E-state index contributed by atoms with van der Waals surface area (Å²) >= 11 is 0. The molecule has 0 spiro atoms. The Morgan fingerprint density at radius 1 is 0.857 bits per heavy atom. The fourth-order valence-corrected chi connectivity index (χ4v) is 2.34.